The molecular weight excluding hydrogens is 549 g/mol. The first-order chi connectivity index (χ1) is 13.5. The van der Waals surface area contributed by atoms with Crippen LogP contribution in [-0.2, 0) is 31.6 Å². The van der Waals surface area contributed by atoms with E-state index in [1.165, 1.54) is 0 Å². The molecule has 172 valence electrons. The van der Waals surface area contributed by atoms with E-state index in [-0.39, 0.29) is 4.47 Å². The Morgan fingerprint density at radius 2 is 1.67 bits per heavy atom. The number of halogens is 1. The van der Waals surface area contributed by atoms with E-state index in [0.29, 0.717) is 4.57 Å². The Morgan fingerprint density at radius 3 is 2.23 bits per heavy atom. The maximum atomic E-state index is 11.9. The first-order valence-corrected chi connectivity index (χ1v) is 12.6. The molecule has 1 aromatic rings. The molecule has 1 aliphatic rings. The lowest BCUT2D eigenvalue weighted by Gasteiger charge is -2.19. The summed E-state index contributed by atoms with van der Waals surface area (Å²) >= 11 is 2.85. The molecule has 0 radical (unpaired) electrons. The van der Waals surface area contributed by atoms with Crippen LogP contribution in [0.5, 0.6) is 0 Å². The highest BCUT2D eigenvalue weighted by Crippen LogP contribution is 2.66. The van der Waals surface area contributed by atoms with Crippen molar-refractivity contribution in [3.8, 4) is 0 Å². The molecule has 0 amide bonds. The topological polar surface area (TPSA) is 264 Å². The SMILES string of the molecule is O=c1[nH]c(=O)n([C@@H]2O[C@H](COP(=O)(O)OP(=O)(O)OP(=O)(O)O)[C@H](O)C2O)cc1Br. The van der Waals surface area contributed by atoms with Gasteiger partial charge >= 0.3 is 29.2 Å². The van der Waals surface area contributed by atoms with Gasteiger partial charge in [0.2, 0.25) is 0 Å². The lowest BCUT2D eigenvalue weighted by molar-refractivity contribution is -0.0543. The molecule has 30 heavy (non-hydrogen) atoms. The van der Waals surface area contributed by atoms with Crippen molar-refractivity contribution in [3.63, 3.8) is 0 Å². The summed E-state index contributed by atoms with van der Waals surface area (Å²) in [6.45, 7) is -1.06. The molecule has 0 bridgehead atoms. The molecule has 0 spiro atoms. The summed E-state index contributed by atoms with van der Waals surface area (Å²) in [5, 5.41) is 20.0. The molecule has 2 heterocycles. The Kier molecular flexibility index (Phi) is 7.83. The van der Waals surface area contributed by atoms with Crippen molar-refractivity contribution >= 4 is 39.4 Å². The normalized spacial score (nSPS) is 28.8. The zero-order valence-corrected chi connectivity index (χ0v) is 18.4. The number of aromatic nitrogens is 2. The van der Waals surface area contributed by atoms with Crippen LogP contribution in [0.4, 0.5) is 0 Å². The average molecular weight is 563 g/mol. The van der Waals surface area contributed by atoms with Gasteiger partial charge in [-0.3, -0.25) is 18.9 Å². The summed E-state index contributed by atoms with van der Waals surface area (Å²) in [4.78, 5) is 60.5. The molecule has 3 unspecified atom stereocenters. The van der Waals surface area contributed by atoms with Crippen molar-refractivity contribution < 1.29 is 61.4 Å². The smallest absolute Gasteiger partial charge is 0.387 e. The number of aliphatic hydroxyl groups excluding tert-OH is 2. The standard InChI is InChI=1S/C9H14BrN2O15P3/c10-3-1-12(9(16)11-7(3)15)8-6(14)5(13)4(25-8)2-24-29(20,21)27-30(22,23)26-28(17,18)19/h1,4-6,8,13-14H,2H2,(H,20,21)(H,22,23)(H,11,15,16)(H2,17,18,19)/t4-,5+,6?,8-/m1/s1. The van der Waals surface area contributed by atoms with Crippen molar-refractivity contribution in [3.05, 3.63) is 31.5 Å². The minimum atomic E-state index is -5.74. The Bertz CT molecular complexity index is 1050. The molecule has 6 atom stereocenters. The molecule has 7 N–H and O–H groups in total. The van der Waals surface area contributed by atoms with E-state index in [1.807, 2.05) is 4.98 Å². The number of ether oxygens (including phenoxy) is 1. The fraction of sp³-hybridized carbons (Fsp3) is 0.556. The number of aliphatic hydroxyl groups is 2. The van der Waals surface area contributed by atoms with Gasteiger partial charge in [-0.2, -0.15) is 8.62 Å². The summed E-state index contributed by atoms with van der Waals surface area (Å²) in [6.07, 6.45) is -5.80. The molecule has 1 fully saturated rings. The highest BCUT2D eigenvalue weighted by atomic mass is 79.9. The van der Waals surface area contributed by atoms with Crippen LogP contribution in [0.2, 0.25) is 0 Å². The van der Waals surface area contributed by atoms with Crippen molar-refractivity contribution in [1.29, 1.82) is 0 Å². The van der Waals surface area contributed by atoms with Gasteiger partial charge in [0.15, 0.2) is 6.23 Å². The van der Waals surface area contributed by atoms with Gasteiger partial charge in [0, 0.05) is 6.20 Å². The van der Waals surface area contributed by atoms with Crippen LogP contribution in [0, 0.1) is 0 Å². The van der Waals surface area contributed by atoms with E-state index in [0.717, 1.165) is 6.20 Å². The number of aromatic amines is 1. The third kappa shape index (κ3) is 6.72. The van der Waals surface area contributed by atoms with E-state index in [1.54, 1.807) is 0 Å². The van der Waals surface area contributed by atoms with Gasteiger partial charge in [-0.15, -0.1) is 0 Å². The van der Waals surface area contributed by atoms with Crippen LogP contribution in [0.3, 0.4) is 0 Å². The Balaban J connectivity index is 2.09. The Morgan fingerprint density at radius 1 is 1.07 bits per heavy atom. The largest absolute Gasteiger partial charge is 0.490 e. The Hall–Kier alpha value is -0.550. The van der Waals surface area contributed by atoms with Crippen LogP contribution in [0.1, 0.15) is 6.23 Å². The Labute approximate surface area is 173 Å². The van der Waals surface area contributed by atoms with E-state index in [9.17, 15) is 38.4 Å². The number of H-pyrrole nitrogens is 1. The fourth-order valence-electron chi connectivity index (χ4n) is 2.22. The third-order valence-electron chi connectivity index (χ3n) is 3.35. The first-order valence-electron chi connectivity index (χ1n) is 7.32. The summed E-state index contributed by atoms with van der Waals surface area (Å²) in [6, 6.07) is 0. The molecule has 17 nitrogen and oxygen atoms in total. The van der Waals surface area contributed by atoms with Crippen molar-refractivity contribution in [2.75, 3.05) is 6.61 Å². The van der Waals surface area contributed by atoms with Crippen molar-refractivity contribution in [2.24, 2.45) is 0 Å². The first kappa shape index (κ1) is 25.7. The van der Waals surface area contributed by atoms with E-state index < -0.39 is 65.9 Å². The zero-order valence-electron chi connectivity index (χ0n) is 14.1. The number of phosphoric ester groups is 1. The van der Waals surface area contributed by atoms with Crippen molar-refractivity contribution in [1.82, 2.24) is 9.55 Å². The van der Waals surface area contributed by atoms with Crippen LogP contribution in [-0.4, -0.2) is 64.3 Å². The minimum Gasteiger partial charge on any atom is -0.387 e. The predicted octanol–water partition coefficient (Wildman–Crippen LogP) is -1.74. The molecule has 21 heteroatoms. The van der Waals surface area contributed by atoms with Gasteiger partial charge in [-0.05, 0) is 15.9 Å². The number of nitrogens with one attached hydrogen (secondary N) is 1. The maximum absolute atomic E-state index is 11.9. The molecule has 0 saturated carbocycles. The van der Waals surface area contributed by atoms with Crippen LogP contribution in [0.15, 0.2) is 20.3 Å². The predicted molar refractivity (Wildman–Crippen MR) is 94.8 cm³/mol. The number of rotatable bonds is 8. The van der Waals surface area contributed by atoms with Gasteiger partial charge < -0.3 is 34.5 Å². The molecule has 1 aromatic heterocycles. The molecule has 1 aliphatic heterocycles. The molecular formula is C9H14BrN2O15P3. The number of phosphoric acid groups is 3. The highest BCUT2D eigenvalue weighted by Gasteiger charge is 2.46. The van der Waals surface area contributed by atoms with E-state index >= 15 is 0 Å². The van der Waals surface area contributed by atoms with Crippen LogP contribution in [0.25, 0.3) is 0 Å². The summed E-state index contributed by atoms with van der Waals surface area (Å²) in [7, 11) is -16.8. The summed E-state index contributed by atoms with van der Waals surface area (Å²) in [5.41, 5.74) is -1.80. The van der Waals surface area contributed by atoms with Gasteiger partial charge in [-0.1, -0.05) is 0 Å². The minimum absolute atomic E-state index is 0.121. The molecule has 1 saturated heterocycles. The fourth-order valence-corrected chi connectivity index (χ4v) is 5.57. The summed E-state index contributed by atoms with van der Waals surface area (Å²) < 4.78 is 50.6. The average Bonchev–Trinajstić information content (AvgIpc) is 2.81. The van der Waals surface area contributed by atoms with Crippen molar-refractivity contribution in [2.45, 2.75) is 24.5 Å². The van der Waals surface area contributed by atoms with Gasteiger partial charge in [0.25, 0.3) is 5.56 Å². The maximum Gasteiger partial charge on any atom is 0.490 e. The van der Waals surface area contributed by atoms with E-state index in [4.69, 9.17) is 19.4 Å². The third-order valence-corrected chi connectivity index (χ3v) is 7.72. The highest BCUT2D eigenvalue weighted by molar-refractivity contribution is 9.10. The summed E-state index contributed by atoms with van der Waals surface area (Å²) in [5.74, 6) is 0. The lowest BCUT2D eigenvalue weighted by Crippen LogP contribution is -2.38. The van der Waals surface area contributed by atoms with Gasteiger partial charge in [-0.25, -0.2) is 18.5 Å². The zero-order chi connectivity index (χ0) is 23.1. The second-order valence-electron chi connectivity index (χ2n) is 5.58. The number of hydrogen-bond donors (Lipinski definition) is 7. The van der Waals surface area contributed by atoms with Gasteiger partial charge in [0.1, 0.15) is 18.3 Å². The molecule has 2 rings (SSSR count). The molecule has 0 aromatic carbocycles. The lowest BCUT2D eigenvalue weighted by atomic mass is 10.1. The second-order valence-corrected chi connectivity index (χ2v) is 10.9. The van der Waals surface area contributed by atoms with E-state index in [2.05, 4.69) is 29.1 Å². The second kappa shape index (κ2) is 9.13. The number of nitrogens with zero attached hydrogens (tertiary/aromatic N) is 1. The quantitative estimate of drug-likeness (QED) is 0.173. The number of hydrogen-bond acceptors (Lipinski definition) is 11. The van der Waals surface area contributed by atoms with Crippen LogP contribution < -0.4 is 11.2 Å². The molecule has 0 aliphatic carbocycles. The monoisotopic (exact) mass is 562 g/mol. The van der Waals surface area contributed by atoms with Gasteiger partial charge in [0.05, 0.1) is 11.1 Å². The van der Waals surface area contributed by atoms with Crippen LogP contribution >= 0.6 is 39.4 Å².